The molecule has 0 spiro atoms. The number of benzene rings is 1. The van der Waals surface area contributed by atoms with Crippen molar-refractivity contribution in [2.24, 2.45) is 0 Å². The smallest absolute Gasteiger partial charge is 0.271 e. The average molecular weight is 271 g/mol. The van der Waals surface area contributed by atoms with Crippen molar-refractivity contribution in [3.05, 3.63) is 47.7 Å². The third-order valence-electron chi connectivity index (χ3n) is 2.87. The fraction of sp³-hybridized carbons (Fsp3) is 0.214. The highest BCUT2D eigenvalue weighted by Crippen LogP contribution is 2.13. The quantitative estimate of drug-likeness (QED) is 0.812. The van der Waals surface area contributed by atoms with Crippen LogP contribution in [0.25, 0.3) is 0 Å². The van der Waals surface area contributed by atoms with Gasteiger partial charge in [0.15, 0.2) is 11.5 Å². The van der Waals surface area contributed by atoms with E-state index in [0.717, 1.165) is 11.3 Å². The van der Waals surface area contributed by atoms with Gasteiger partial charge < -0.3 is 16.0 Å². The summed E-state index contributed by atoms with van der Waals surface area (Å²) in [5.41, 5.74) is 7.87. The van der Waals surface area contributed by atoms with E-state index < -0.39 is 0 Å². The lowest BCUT2D eigenvalue weighted by molar-refractivity contribution is 0.0957. The molecule has 0 aliphatic heterocycles. The molecule has 104 valence electrons. The molecule has 2 aromatic rings. The van der Waals surface area contributed by atoms with E-state index in [2.05, 4.69) is 15.5 Å². The van der Waals surface area contributed by atoms with E-state index in [-0.39, 0.29) is 5.91 Å². The lowest BCUT2D eigenvalue weighted by atomic mass is 10.2. The van der Waals surface area contributed by atoms with E-state index in [1.165, 1.54) is 0 Å². The Hall–Kier alpha value is -2.63. The van der Waals surface area contributed by atoms with Gasteiger partial charge in [0, 0.05) is 26.3 Å². The monoisotopic (exact) mass is 271 g/mol. The van der Waals surface area contributed by atoms with Crippen LogP contribution >= 0.6 is 0 Å². The molecule has 3 N–H and O–H groups in total. The Labute approximate surface area is 117 Å². The summed E-state index contributed by atoms with van der Waals surface area (Å²) in [6, 6.07) is 11.1. The van der Waals surface area contributed by atoms with E-state index >= 15 is 0 Å². The molecule has 1 aromatic carbocycles. The number of rotatable bonds is 4. The number of hydrogen-bond donors (Lipinski definition) is 2. The molecule has 1 aromatic heterocycles. The molecule has 0 saturated heterocycles. The van der Waals surface area contributed by atoms with Gasteiger partial charge in [0.25, 0.3) is 5.91 Å². The van der Waals surface area contributed by atoms with Gasteiger partial charge in [0.05, 0.1) is 0 Å². The van der Waals surface area contributed by atoms with Crippen LogP contribution in [0.4, 0.5) is 11.5 Å². The number of amides is 1. The molecule has 0 unspecified atom stereocenters. The first-order valence-corrected chi connectivity index (χ1v) is 6.21. The van der Waals surface area contributed by atoms with Crippen molar-refractivity contribution < 1.29 is 4.79 Å². The Morgan fingerprint density at radius 3 is 2.70 bits per heavy atom. The second-order valence-electron chi connectivity index (χ2n) is 4.46. The van der Waals surface area contributed by atoms with E-state index in [1.54, 1.807) is 19.2 Å². The summed E-state index contributed by atoms with van der Waals surface area (Å²) >= 11 is 0. The zero-order valence-electron chi connectivity index (χ0n) is 11.5. The van der Waals surface area contributed by atoms with Crippen LogP contribution < -0.4 is 16.0 Å². The van der Waals surface area contributed by atoms with Crippen molar-refractivity contribution >= 4 is 17.4 Å². The fourth-order valence-corrected chi connectivity index (χ4v) is 1.82. The Morgan fingerprint density at radius 1 is 1.30 bits per heavy atom. The Balaban J connectivity index is 2.09. The van der Waals surface area contributed by atoms with Gasteiger partial charge in [-0.15, -0.1) is 10.2 Å². The number of nitrogens with zero attached hydrogens (tertiary/aromatic N) is 3. The first-order valence-electron chi connectivity index (χ1n) is 6.21. The van der Waals surface area contributed by atoms with Crippen LogP contribution in [0.15, 0.2) is 36.4 Å². The van der Waals surface area contributed by atoms with Crippen LogP contribution in [0.5, 0.6) is 0 Å². The summed E-state index contributed by atoms with van der Waals surface area (Å²) < 4.78 is 0. The van der Waals surface area contributed by atoms with Gasteiger partial charge in [0.2, 0.25) is 0 Å². The van der Waals surface area contributed by atoms with Crippen LogP contribution in [0.1, 0.15) is 16.1 Å². The molecule has 0 radical (unpaired) electrons. The van der Waals surface area contributed by atoms with Crippen LogP contribution in [-0.4, -0.2) is 30.2 Å². The normalized spacial score (nSPS) is 10.1. The van der Waals surface area contributed by atoms with E-state index in [0.29, 0.717) is 18.1 Å². The molecule has 0 bridgehead atoms. The maximum Gasteiger partial charge on any atom is 0.271 e. The summed E-state index contributed by atoms with van der Waals surface area (Å²) in [5.74, 6) is 0.447. The van der Waals surface area contributed by atoms with Crippen molar-refractivity contribution in [2.75, 3.05) is 24.7 Å². The number of nitrogens with two attached hydrogens (primary N) is 1. The van der Waals surface area contributed by atoms with Gasteiger partial charge in [0.1, 0.15) is 0 Å². The molecule has 0 saturated carbocycles. The highest BCUT2D eigenvalue weighted by atomic mass is 16.1. The van der Waals surface area contributed by atoms with Crippen molar-refractivity contribution in [1.29, 1.82) is 0 Å². The van der Waals surface area contributed by atoms with Crippen molar-refractivity contribution in [3.63, 3.8) is 0 Å². The summed E-state index contributed by atoms with van der Waals surface area (Å²) in [6.07, 6.45) is 0. The molecule has 0 fully saturated rings. The Morgan fingerprint density at radius 2 is 2.10 bits per heavy atom. The lowest BCUT2D eigenvalue weighted by Gasteiger charge is -2.17. The van der Waals surface area contributed by atoms with Crippen molar-refractivity contribution in [3.8, 4) is 0 Å². The minimum Gasteiger partial charge on any atom is -0.399 e. The standard InChI is InChI=1S/C14H17N5O/c1-16-14(20)12-6-7-13(18-17-12)19(2)9-10-4-3-5-11(15)8-10/h3-8H,9,15H2,1-2H3,(H,16,20). The number of hydrogen-bond acceptors (Lipinski definition) is 5. The summed E-state index contributed by atoms with van der Waals surface area (Å²) in [7, 11) is 3.47. The van der Waals surface area contributed by atoms with Gasteiger partial charge in [-0.1, -0.05) is 12.1 Å². The maximum atomic E-state index is 11.4. The molecule has 20 heavy (non-hydrogen) atoms. The van der Waals surface area contributed by atoms with Crippen molar-refractivity contribution in [2.45, 2.75) is 6.54 Å². The number of carbonyl (C=O) groups is 1. The first kappa shape index (κ1) is 13.8. The molecular formula is C14H17N5O. The highest BCUT2D eigenvalue weighted by molar-refractivity contribution is 5.91. The minimum atomic E-state index is -0.248. The molecule has 6 heteroatoms. The van der Waals surface area contributed by atoms with E-state index in [1.807, 2.05) is 36.2 Å². The zero-order chi connectivity index (χ0) is 14.5. The van der Waals surface area contributed by atoms with Crippen LogP contribution in [0.3, 0.4) is 0 Å². The number of nitrogen functional groups attached to an aromatic ring is 1. The predicted octanol–water partition coefficient (Wildman–Crippen LogP) is 1.05. The molecule has 0 aliphatic carbocycles. The van der Waals surface area contributed by atoms with Crippen LogP contribution in [-0.2, 0) is 6.54 Å². The molecule has 0 atom stereocenters. The van der Waals surface area contributed by atoms with Crippen molar-refractivity contribution in [1.82, 2.24) is 15.5 Å². The van der Waals surface area contributed by atoms with E-state index in [9.17, 15) is 4.79 Å². The number of nitrogens with one attached hydrogen (secondary N) is 1. The summed E-state index contributed by atoms with van der Waals surface area (Å²) in [5, 5.41) is 10.5. The third kappa shape index (κ3) is 3.23. The molecule has 0 aliphatic rings. The van der Waals surface area contributed by atoms with Crippen LogP contribution in [0, 0.1) is 0 Å². The second kappa shape index (κ2) is 6.01. The fourth-order valence-electron chi connectivity index (χ4n) is 1.82. The van der Waals surface area contributed by atoms with Gasteiger partial charge in [-0.3, -0.25) is 4.79 Å². The SMILES string of the molecule is CNC(=O)c1ccc(N(C)Cc2cccc(N)c2)nn1. The molecule has 1 amide bonds. The lowest BCUT2D eigenvalue weighted by Crippen LogP contribution is -2.22. The average Bonchev–Trinajstić information content (AvgIpc) is 2.46. The van der Waals surface area contributed by atoms with Gasteiger partial charge in [-0.2, -0.15) is 0 Å². The zero-order valence-corrected chi connectivity index (χ0v) is 11.5. The molecule has 6 nitrogen and oxygen atoms in total. The Kier molecular flexibility index (Phi) is 4.14. The minimum absolute atomic E-state index is 0.248. The summed E-state index contributed by atoms with van der Waals surface area (Å²) in [6.45, 7) is 0.666. The second-order valence-corrected chi connectivity index (χ2v) is 4.46. The molecular weight excluding hydrogens is 254 g/mol. The first-order chi connectivity index (χ1) is 9.60. The third-order valence-corrected chi connectivity index (χ3v) is 2.87. The maximum absolute atomic E-state index is 11.4. The number of anilines is 2. The summed E-state index contributed by atoms with van der Waals surface area (Å²) in [4.78, 5) is 13.3. The van der Waals surface area contributed by atoms with Gasteiger partial charge in [-0.25, -0.2) is 0 Å². The van der Waals surface area contributed by atoms with Gasteiger partial charge in [-0.05, 0) is 29.8 Å². The topological polar surface area (TPSA) is 84.1 Å². The molecule has 1 heterocycles. The van der Waals surface area contributed by atoms with E-state index in [4.69, 9.17) is 5.73 Å². The predicted molar refractivity (Wildman–Crippen MR) is 78.4 cm³/mol. The number of aromatic nitrogens is 2. The van der Waals surface area contributed by atoms with Gasteiger partial charge >= 0.3 is 0 Å². The molecule has 2 rings (SSSR count). The largest absolute Gasteiger partial charge is 0.399 e. The number of carbonyl (C=O) groups excluding carboxylic acids is 1. The van der Waals surface area contributed by atoms with Crippen LogP contribution in [0.2, 0.25) is 0 Å². The Bertz CT molecular complexity index is 597. The highest BCUT2D eigenvalue weighted by Gasteiger charge is 2.08.